The minimum absolute atomic E-state index is 0.0526. The second-order valence-corrected chi connectivity index (χ2v) is 6.65. The number of halogens is 3. The van der Waals surface area contributed by atoms with Crippen LogP contribution in [0.1, 0.15) is 29.5 Å². The van der Waals surface area contributed by atoms with Crippen LogP contribution in [-0.2, 0) is 15.7 Å². The second-order valence-electron chi connectivity index (χ2n) is 6.65. The predicted octanol–water partition coefficient (Wildman–Crippen LogP) is 5.39. The number of para-hydroxylation sites is 1. The summed E-state index contributed by atoms with van der Waals surface area (Å²) in [5.41, 5.74) is -0.788. The Bertz CT molecular complexity index is 963. The number of ether oxygens (including phenoxy) is 3. The first-order valence-corrected chi connectivity index (χ1v) is 9.36. The molecule has 0 N–H and O–H groups in total. The van der Waals surface area contributed by atoms with Gasteiger partial charge in [0.2, 0.25) is 0 Å². The zero-order chi connectivity index (χ0) is 21.7. The van der Waals surface area contributed by atoms with Crippen molar-refractivity contribution in [3.05, 3.63) is 78.1 Å². The molecule has 0 amide bonds. The number of carbonyl (C=O) groups excluding carboxylic acids is 1. The monoisotopic (exact) mass is 418 g/mol. The van der Waals surface area contributed by atoms with E-state index in [0.717, 1.165) is 12.3 Å². The lowest BCUT2D eigenvalue weighted by atomic mass is 9.87. The van der Waals surface area contributed by atoms with Crippen LogP contribution in [0.2, 0.25) is 0 Å². The van der Waals surface area contributed by atoms with Gasteiger partial charge in [0.05, 0.1) is 17.4 Å². The molecule has 30 heavy (non-hydrogen) atoms. The summed E-state index contributed by atoms with van der Waals surface area (Å²) in [5, 5.41) is 0. The van der Waals surface area contributed by atoms with Gasteiger partial charge < -0.3 is 14.2 Å². The largest absolute Gasteiger partial charge is 0.496 e. The van der Waals surface area contributed by atoms with E-state index in [1.54, 1.807) is 25.1 Å². The van der Waals surface area contributed by atoms with E-state index in [-0.39, 0.29) is 17.7 Å². The molecule has 158 valence electrons. The number of hydrogen-bond donors (Lipinski definition) is 0. The third-order valence-electron chi connectivity index (χ3n) is 4.66. The standard InChI is InChI=1S/C23H21F3O4/c1-3-11-28-14-18(17-7-4-5-9-19(17)23(24,25)26)21(27)15(2)16-8-6-10-20-22(16)30-13-12-29-20/h3-10,14-15H,1,11-13H2,2H3/b18-14-. The number of ketones is 1. The smallest absolute Gasteiger partial charge is 0.417 e. The first-order chi connectivity index (χ1) is 14.3. The van der Waals surface area contributed by atoms with Crippen molar-refractivity contribution in [2.45, 2.75) is 19.0 Å². The number of hydrogen-bond acceptors (Lipinski definition) is 4. The Morgan fingerprint density at radius 3 is 2.63 bits per heavy atom. The molecule has 1 aliphatic rings. The van der Waals surface area contributed by atoms with Gasteiger partial charge in [-0.1, -0.05) is 49.9 Å². The molecule has 0 spiro atoms. The molecule has 2 aromatic carbocycles. The molecular weight excluding hydrogens is 397 g/mol. The molecule has 1 unspecified atom stereocenters. The Kier molecular flexibility index (Phi) is 6.50. The first kappa shape index (κ1) is 21.5. The van der Waals surface area contributed by atoms with Crippen molar-refractivity contribution in [3.63, 3.8) is 0 Å². The van der Waals surface area contributed by atoms with E-state index in [0.29, 0.717) is 30.3 Å². The van der Waals surface area contributed by atoms with E-state index in [1.807, 2.05) is 0 Å². The molecule has 0 aromatic heterocycles. The lowest BCUT2D eigenvalue weighted by molar-refractivity contribution is -0.137. The summed E-state index contributed by atoms with van der Waals surface area (Å²) in [7, 11) is 0. The summed E-state index contributed by atoms with van der Waals surface area (Å²) >= 11 is 0. The Labute approximate surface area is 172 Å². The van der Waals surface area contributed by atoms with E-state index in [2.05, 4.69) is 6.58 Å². The Balaban J connectivity index is 2.05. The second kappa shape index (κ2) is 9.07. The highest BCUT2D eigenvalue weighted by molar-refractivity contribution is 6.23. The highest BCUT2D eigenvalue weighted by Crippen LogP contribution is 2.41. The van der Waals surface area contributed by atoms with Gasteiger partial charge in [0.15, 0.2) is 17.3 Å². The zero-order valence-corrected chi connectivity index (χ0v) is 16.4. The SMILES string of the molecule is C=CCO/C=C(\C(=O)C(C)c1cccc2c1OCCO2)c1ccccc1C(F)(F)F. The van der Waals surface area contributed by atoms with E-state index in [4.69, 9.17) is 14.2 Å². The van der Waals surface area contributed by atoms with Crippen molar-refractivity contribution in [2.75, 3.05) is 19.8 Å². The van der Waals surface area contributed by atoms with E-state index in [1.165, 1.54) is 24.3 Å². The van der Waals surface area contributed by atoms with Crippen LogP contribution in [-0.4, -0.2) is 25.6 Å². The maximum atomic E-state index is 13.6. The van der Waals surface area contributed by atoms with Crippen LogP contribution in [0.3, 0.4) is 0 Å². The molecule has 0 fully saturated rings. The van der Waals surface area contributed by atoms with Crippen molar-refractivity contribution < 1.29 is 32.2 Å². The summed E-state index contributed by atoms with van der Waals surface area (Å²) in [5.74, 6) is -0.387. The third kappa shape index (κ3) is 4.50. The lowest BCUT2D eigenvalue weighted by Crippen LogP contribution is -2.20. The number of allylic oxidation sites excluding steroid dienone is 1. The Morgan fingerprint density at radius 2 is 1.90 bits per heavy atom. The summed E-state index contributed by atoms with van der Waals surface area (Å²) in [6, 6.07) is 10.1. The highest BCUT2D eigenvalue weighted by Gasteiger charge is 2.36. The first-order valence-electron chi connectivity index (χ1n) is 9.36. The summed E-state index contributed by atoms with van der Waals surface area (Å²) < 4.78 is 57.2. The molecule has 0 saturated heterocycles. The molecule has 0 radical (unpaired) electrons. The van der Waals surface area contributed by atoms with Crippen LogP contribution in [0.15, 0.2) is 61.4 Å². The van der Waals surface area contributed by atoms with Gasteiger partial charge in [-0.3, -0.25) is 4.79 Å². The summed E-state index contributed by atoms with van der Waals surface area (Å²) in [6.07, 6.45) is -2.12. The van der Waals surface area contributed by atoms with Crippen LogP contribution < -0.4 is 9.47 Å². The number of fused-ring (bicyclic) bond motifs is 1. The van der Waals surface area contributed by atoms with Crippen LogP contribution in [0.25, 0.3) is 5.57 Å². The van der Waals surface area contributed by atoms with Gasteiger partial charge in [-0.2, -0.15) is 13.2 Å². The number of rotatable bonds is 7. The normalized spacial score (nSPS) is 14.7. The average molecular weight is 418 g/mol. The quantitative estimate of drug-likeness (QED) is 0.262. The van der Waals surface area contributed by atoms with Gasteiger partial charge in [0.1, 0.15) is 19.8 Å². The number of alkyl halides is 3. The third-order valence-corrected chi connectivity index (χ3v) is 4.66. The maximum absolute atomic E-state index is 13.6. The van der Waals surface area contributed by atoms with Crippen molar-refractivity contribution in [3.8, 4) is 11.5 Å². The van der Waals surface area contributed by atoms with E-state index in [9.17, 15) is 18.0 Å². The summed E-state index contributed by atoms with van der Waals surface area (Å²) in [6.45, 7) is 5.90. The maximum Gasteiger partial charge on any atom is 0.417 e. The molecule has 0 saturated carbocycles. The average Bonchev–Trinajstić information content (AvgIpc) is 2.75. The molecule has 7 heteroatoms. The van der Waals surface area contributed by atoms with Crippen molar-refractivity contribution in [1.82, 2.24) is 0 Å². The Hall–Kier alpha value is -3.22. The van der Waals surface area contributed by atoms with Crippen molar-refractivity contribution >= 4 is 11.4 Å². The molecule has 1 aliphatic heterocycles. The fourth-order valence-electron chi connectivity index (χ4n) is 3.23. The van der Waals surface area contributed by atoms with E-state index >= 15 is 0 Å². The number of carbonyl (C=O) groups is 1. The molecule has 0 aliphatic carbocycles. The van der Waals surface area contributed by atoms with Gasteiger partial charge in [0, 0.05) is 17.0 Å². The summed E-state index contributed by atoms with van der Waals surface area (Å²) in [4.78, 5) is 13.4. The topological polar surface area (TPSA) is 44.8 Å². The van der Waals surface area contributed by atoms with E-state index < -0.39 is 23.4 Å². The predicted molar refractivity (Wildman–Crippen MR) is 106 cm³/mol. The molecule has 1 heterocycles. The molecule has 2 aromatic rings. The number of benzene rings is 2. The Morgan fingerprint density at radius 1 is 1.17 bits per heavy atom. The van der Waals surface area contributed by atoms with Crippen LogP contribution >= 0.6 is 0 Å². The van der Waals surface area contributed by atoms with Gasteiger partial charge in [-0.05, 0) is 12.1 Å². The molecule has 3 rings (SSSR count). The fraction of sp³-hybridized carbons (Fsp3) is 0.261. The molecule has 1 atom stereocenters. The van der Waals surface area contributed by atoms with Crippen LogP contribution in [0.4, 0.5) is 13.2 Å². The lowest BCUT2D eigenvalue weighted by Gasteiger charge is -2.24. The molecule has 4 nitrogen and oxygen atoms in total. The fourth-order valence-corrected chi connectivity index (χ4v) is 3.23. The van der Waals surface area contributed by atoms with Gasteiger partial charge >= 0.3 is 6.18 Å². The minimum Gasteiger partial charge on any atom is -0.496 e. The van der Waals surface area contributed by atoms with Gasteiger partial charge in [-0.15, -0.1) is 0 Å². The molecule has 0 bridgehead atoms. The van der Waals surface area contributed by atoms with Gasteiger partial charge in [0.25, 0.3) is 0 Å². The van der Waals surface area contributed by atoms with Crippen molar-refractivity contribution in [2.24, 2.45) is 0 Å². The number of Topliss-reactive ketones (excluding diaryl/α,β-unsaturated/α-hetero) is 1. The molecular formula is C23H21F3O4. The zero-order valence-electron chi connectivity index (χ0n) is 16.4. The van der Waals surface area contributed by atoms with Gasteiger partial charge in [-0.25, -0.2) is 0 Å². The highest BCUT2D eigenvalue weighted by atomic mass is 19.4. The van der Waals surface area contributed by atoms with Crippen LogP contribution in [0, 0.1) is 0 Å². The van der Waals surface area contributed by atoms with Crippen LogP contribution in [0.5, 0.6) is 11.5 Å². The minimum atomic E-state index is -4.62. The van der Waals surface area contributed by atoms with Crippen molar-refractivity contribution in [1.29, 1.82) is 0 Å².